The Morgan fingerprint density at radius 3 is 2.14 bits per heavy atom. The van der Waals surface area contributed by atoms with Crippen LogP contribution in [0.15, 0.2) is 60.1 Å². The average molecular weight is 524 g/mol. The van der Waals surface area contributed by atoms with Crippen LogP contribution < -0.4 is 15.4 Å². The van der Waals surface area contributed by atoms with Gasteiger partial charge in [-0.15, -0.1) is 11.8 Å². The van der Waals surface area contributed by atoms with Crippen LogP contribution in [0.5, 0.6) is 5.75 Å². The summed E-state index contributed by atoms with van der Waals surface area (Å²) in [6.07, 6.45) is 18.2. The Morgan fingerprint density at radius 2 is 1.49 bits per heavy atom. The number of para-hydroxylation sites is 1. The zero-order valence-corrected chi connectivity index (χ0v) is 23.4. The van der Waals surface area contributed by atoms with Crippen molar-refractivity contribution < 1.29 is 9.53 Å². The summed E-state index contributed by atoms with van der Waals surface area (Å²) in [4.78, 5) is 14.8. The molecule has 0 saturated heterocycles. The van der Waals surface area contributed by atoms with Crippen LogP contribution in [0, 0.1) is 0 Å². The molecule has 37 heavy (non-hydrogen) atoms. The van der Waals surface area contributed by atoms with Crippen molar-refractivity contribution in [3.05, 3.63) is 65.7 Å². The predicted molar refractivity (Wildman–Crippen MR) is 159 cm³/mol. The first-order valence-electron chi connectivity index (χ1n) is 14.2. The van der Waals surface area contributed by atoms with E-state index in [0.717, 1.165) is 48.1 Å². The number of hydrogen-bond acceptors (Lipinski definition) is 4. The Hall–Kier alpha value is -2.60. The summed E-state index contributed by atoms with van der Waals surface area (Å²) in [5.41, 5.74) is 2.66. The molecule has 0 radical (unpaired) electrons. The lowest BCUT2D eigenvalue weighted by atomic mass is 10.1. The van der Waals surface area contributed by atoms with Gasteiger partial charge in [0.1, 0.15) is 5.75 Å². The van der Waals surface area contributed by atoms with E-state index < -0.39 is 0 Å². The van der Waals surface area contributed by atoms with Crippen LogP contribution in [-0.4, -0.2) is 23.4 Å². The first-order chi connectivity index (χ1) is 18.2. The normalized spacial score (nSPS) is 12.6. The number of amides is 2. The van der Waals surface area contributed by atoms with Gasteiger partial charge in [0, 0.05) is 24.1 Å². The topological polar surface area (TPSA) is 53.6 Å². The second kappa shape index (κ2) is 17.8. The molecular formula is C31H45N3O2S. The number of nitrogens with zero attached hydrogens (tertiary/aromatic N) is 1. The van der Waals surface area contributed by atoms with E-state index in [2.05, 4.69) is 40.1 Å². The number of rotatable bonds is 18. The third-order valence-electron chi connectivity index (χ3n) is 6.63. The van der Waals surface area contributed by atoms with Crippen molar-refractivity contribution >= 4 is 29.2 Å². The van der Waals surface area contributed by atoms with Gasteiger partial charge in [-0.25, -0.2) is 4.79 Å². The second-order valence-electron chi connectivity index (χ2n) is 9.83. The van der Waals surface area contributed by atoms with E-state index >= 15 is 0 Å². The van der Waals surface area contributed by atoms with E-state index in [0.29, 0.717) is 0 Å². The standard InChI is InChI=1S/C31H45N3O2S/c1-2-3-4-5-6-7-8-9-10-11-12-15-23-36-29-20-18-28(19-21-29)32-31(35)33-30-17-14-13-16-27(30)25-34-22-24-37-26-34/h13-14,16-22,24H,2-12,15,23,25-26H2,1H3,(H2,32,33,35). The van der Waals surface area contributed by atoms with E-state index in [1.807, 2.05) is 42.5 Å². The lowest BCUT2D eigenvalue weighted by Crippen LogP contribution is -2.21. The van der Waals surface area contributed by atoms with E-state index in [9.17, 15) is 4.79 Å². The lowest BCUT2D eigenvalue weighted by Gasteiger charge is -2.18. The van der Waals surface area contributed by atoms with Crippen LogP contribution in [0.4, 0.5) is 16.2 Å². The second-order valence-corrected chi connectivity index (χ2v) is 10.7. The molecule has 2 aromatic rings. The Bertz CT molecular complexity index is 932. The fourth-order valence-corrected chi connectivity index (χ4v) is 5.17. The molecule has 2 aromatic carbocycles. The minimum atomic E-state index is -0.246. The lowest BCUT2D eigenvalue weighted by molar-refractivity contribution is 0.262. The number of anilines is 2. The molecule has 1 aliphatic rings. The molecule has 0 aliphatic carbocycles. The highest BCUT2D eigenvalue weighted by molar-refractivity contribution is 8.02. The van der Waals surface area contributed by atoms with Gasteiger partial charge in [0.15, 0.2) is 0 Å². The van der Waals surface area contributed by atoms with E-state index in [-0.39, 0.29) is 6.03 Å². The smallest absolute Gasteiger partial charge is 0.323 e. The molecule has 1 aliphatic heterocycles. The van der Waals surface area contributed by atoms with E-state index in [4.69, 9.17) is 4.74 Å². The van der Waals surface area contributed by atoms with Crippen molar-refractivity contribution in [2.75, 3.05) is 23.1 Å². The number of carbonyl (C=O) groups is 1. The van der Waals surface area contributed by atoms with Crippen molar-refractivity contribution in [3.8, 4) is 5.75 Å². The highest BCUT2D eigenvalue weighted by atomic mass is 32.2. The van der Waals surface area contributed by atoms with Gasteiger partial charge < -0.3 is 20.3 Å². The first kappa shape index (κ1) is 29.0. The molecule has 0 saturated carbocycles. The van der Waals surface area contributed by atoms with Crippen LogP contribution in [0.25, 0.3) is 0 Å². The van der Waals surface area contributed by atoms with Gasteiger partial charge in [-0.2, -0.15) is 0 Å². The molecule has 0 atom stereocenters. The highest BCUT2D eigenvalue weighted by Gasteiger charge is 2.11. The summed E-state index contributed by atoms with van der Waals surface area (Å²) < 4.78 is 5.89. The number of unbranched alkanes of at least 4 members (excludes halogenated alkanes) is 11. The SMILES string of the molecule is CCCCCCCCCCCCCCOc1ccc(NC(=O)Nc2ccccc2CN2C=CSC2)cc1. The van der Waals surface area contributed by atoms with Gasteiger partial charge in [0.25, 0.3) is 0 Å². The van der Waals surface area contributed by atoms with Gasteiger partial charge in [0.2, 0.25) is 0 Å². The van der Waals surface area contributed by atoms with Crippen LogP contribution in [0.1, 0.15) is 89.5 Å². The molecule has 202 valence electrons. The third-order valence-corrected chi connectivity index (χ3v) is 7.42. The molecule has 0 aromatic heterocycles. The molecular weight excluding hydrogens is 478 g/mol. The van der Waals surface area contributed by atoms with Gasteiger partial charge in [-0.3, -0.25) is 0 Å². The highest BCUT2D eigenvalue weighted by Crippen LogP contribution is 2.23. The van der Waals surface area contributed by atoms with Crippen LogP contribution in [0.3, 0.4) is 0 Å². The summed E-state index contributed by atoms with van der Waals surface area (Å²) in [6.45, 7) is 3.79. The fraction of sp³-hybridized carbons (Fsp3) is 0.516. The number of thioether (sulfide) groups is 1. The van der Waals surface area contributed by atoms with Gasteiger partial charge in [-0.05, 0) is 47.7 Å². The predicted octanol–water partition coefficient (Wildman–Crippen LogP) is 9.39. The Balaban J connectivity index is 1.25. The molecule has 6 heteroatoms. The summed E-state index contributed by atoms with van der Waals surface area (Å²) in [7, 11) is 0. The number of urea groups is 1. The molecule has 1 heterocycles. The minimum Gasteiger partial charge on any atom is -0.494 e. The Morgan fingerprint density at radius 1 is 0.838 bits per heavy atom. The van der Waals surface area contributed by atoms with Crippen molar-refractivity contribution in [1.82, 2.24) is 4.90 Å². The van der Waals surface area contributed by atoms with Crippen LogP contribution in [-0.2, 0) is 6.54 Å². The van der Waals surface area contributed by atoms with Crippen molar-refractivity contribution in [2.45, 2.75) is 90.5 Å². The number of benzene rings is 2. The summed E-state index contributed by atoms with van der Waals surface area (Å²) in [5.74, 6) is 1.78. The van der Waals surface area contributed by atoms with Crippen LogP contribution in [0.2, 0.25) is 0 Å². The molecule has 2 N–H and O–H groups in total. The average Bonchev–Trinajstić information content (AvgIpc) is 3.42. The molecule has 0 bridgehead atoms. The quantitative estimate of drug-likeness (QED) is 0.191. The molecule has 3 rings (SSSR count). The zero-order chi connectivity index (χ0) is 26.0. The zero-order valence-electron chi connectivity index (χ0n) is 22.6. The van der Waals surface area contributed by atoms with Gasteiger partial charge >= 0.3 is 6.03 Å². The molecule has 5 nitrogen and oxygen atoms in total. The maximum Gasteiger partial charge on any atom is 0.323 e. The maximum atomic E-state index is 12.6. The third kappa shape index (κ3) is 12.0. The molecule has 2 amide bonds. The number of nitrogens with one attached hydrogen (secondary N) is 2. The molecule has 0 fully saturated rings. The number of hydrogen-bond donors (Lipinski definition) is 2. The maximum absolute atomic E-state index is 12.6. The van der Waals surface area contributed by atoms with Gasteiger partial charge in [0.05, 0.1) is 12.5 Å². The van der Waals surface area contributed by atoms with Crippen LogP contribution >= 0.6 is 11.8 Å². The monoisotopic (exact) mass is 523 g/mol. The van der Waals surface area contributed by atoms with Gasteiger partial charge in [-0.1, -0.05) is 95.8 Å². The van der Waals surface area contributed by atoms with E-state index in [1.54, 1.807) is 11.8 Å². The van der Waals surface area contributed by atoms with Crippen molar-refractivity contribution in [2.24, 2.45) is 0 Å². The Labute approximate surface area is 228 Å². The largest absolute Gasteiger partial charge is 0.494 e. The number of carbonyl (C=O) groups excluding carboxylic acids is 1. The summed E-state index contributed by atoms with van der Waals surface area (Å²) >= 11 is 1.77. The molecule has 0 spiro atoms. The van der Waals surface area contributed by atoms with Crippen molar-refractivity contribution in [1.29, 1.82) is 0 Å². The summed E-state index contributed by atoms with van der Waals surface area (Å²) in [5, 5.41) is 8.00. The minimum absolute atomic E-state index is 0.246. The van der Waals surface area contributed by atoms with E-state index in [1.165, 1.54) is 70.6 Å². The fourth-order valence-electron chi connectivity index (χ4n) is 4.46. The molecule has 0 unspecified atom stereocenters. The first-order valence-corrected chi connectivity index (χ1v) is 15.2. The summed E-state index contributed by atoms with van der Waals surface area (Å²) in [6, 6.07) is 15.3. The number of ether oxygens (including phenoxy) is 1. The Kier molecular flexibility index (Phi) is 13.9. The van der Waals surface area contributed by atoms with Crippen molar-refractivity contribution in [3.63, 3.8) is 0 Å².